The monoisotopic (exact) mass is 501 g/mol. The molecule has 192 valence electrons. The molecular weight excluding hydrogens is 469 g/mol. The van der Waals surface area contributed by atoms with Crippen LogP contribution in [0.4, 0.5) is 10.1 Å². The second-order valence-corrected chi connectivity index (χ2v) is 9.60. The SMILES string of the molecule is Cc1nc2c(-c3ccc(F)cc3)c(C)nn2c(C)c1CCC(=O)Nc1ccc(CN2CCOCC2)cc1. The first kappa shape index (κ1) is 25.0. The number of morpholine rings is 1. The topological polar surface area (TPSA) is 71.8 Å². The maximum absolute atomic E-state index is 13.4. The third-order valence-corrected chi connectivity index (χ3v) is 6.98. The van der Waals surface area contributed by atoms with Crippen molar-refractivity contribution in [2.75, 3.05) is 31.6 Å². The van der Waals surface area contributed by atoms with Crippen LogP contribution in [0, 0.1) is 26.6 Å². The van der Waals surface area contributed by atoms with Crippen molar-refractivity contribution in [3.05, 3.63) is 82.6 Å². The fraction of sp³-hybridized carbons (Fsp3) is 0.345. The molecule has 0 atom stereocenters. The zero-order valence-corrected chi connectivity index (χ0v) is 21.6. The van der Waals surface area contributed by atoms with Crippen molar-refractivity contribution in [2.45, 2.75) is 40.2 Å². The van der Waals surface area contributed by atoms with Gasteiger partial charge in [-0.1, -0.05) is 24.3 Å². The molecule has 8 heteroatoms. The van der Waals surface area contributed by atoms with Gasteiger partial charge >= 0.3 is 0 Å². The van der Waals surface area contributed by atoms with Crippen LogP contribution in [0.25, 0.3) is 16.8 Å². The Labute approximate surface area is 216 Å². The van der Waals surface area contributed by atoms with Gasteiger partial charge in [0.15, 0.2) is 5.65 Å². The lowest BCUT2D eigenvalue weighted by Gasteiger charge is -2.26. The molecule has 5 rings (SSSR count). The zero-order valence-electron chi connectivity index (χ0n) is 21.6. The van der Waals surface area contributed by atoms with E-state index >= 15 is 0 Å². The molecule has 0 unspecified atom stereocenters. The Bertz CT molecular complexity index is 1410. The van der Waals surface area contributed by atoms with Gasteiger partial charge in [0.05, 0.1) is 18.9 Å². The van der Waals surface area contributed by atoms with E-state index in [0.717, 1.165) is 78.0 Å². The molecular formula is C29H32FN5O2. The third-order valence-electron chi connectivity index (χ3n) is 6.98. The van der Waals surface area contributed by atoms with Crippen LogP contribution in [-0.4, -0.2) is 51.7 Å². The number of carbonyl (C=O) groups is 1. The number of hydrogen-bond acceptors (Lipinski definition) is 5. The van der Waals surface area contributed by atoms with Crippen molar-refractivity contribution >= 4 is 17.2 Å². The van der Waals surface area contributed by atoms with E-state index in [1.54, 1.807) is 12.1 Å². The summed E-state index contributed by atoms with van der Waals surface area (Å²) >= 11 is 0. The number of nitrogens with one attached hydrogen (secondary N) is 1. The first-order valence-corrected chi connectivity index (χ1v) is 12.7. The number of anilines is 1. The molecule has 3 heterocycles. The highest BCUT2D eigenvalue weighted by Gasteiger charge is 2.19. The number of hydrogen-bond donors (Lipinski definition) is 1. The highest BCUT2D eigenvalue weighted by molar-refractivity contribution is 5.90. The van der Waals surface area contributed by atoms with E-state index in [1.165, 1.54) is 17.7 Å². The molecule has 0 saturated carbocycles. The molecule has 2 aromatic carbocycles. The quantitative estimate of drug-likeness (QED) is 0.392. The molecule has 1 N–H and O–H groups in total. The van der Waals surface area contributed by atoms with E-state index in [9.17, 15) is 9.18 Å². The summed E-state index contributed by atoms with van der Waals surface area (Å²) in [4.78, 5) is 19.9. The number of amides is 1. The smallest absolute Gasteiger partial charge is 0.224 e. The van der Waals surface area contributed by atoms with Crippen molar-refractivity contribution in [1.82, 2.24) is 19.5 Å². The van der Waals surface area contributed by atoms with Crippen LogP contribution < -0.4 is 5.32 Å². The minimum atomic E-state index is -0.275. The van der Waals surface area contributed by atoms with E-state index < -0.39 is 0 Å². The van der Waals surface area contributed by atoms with Crippen molar-refractivity contribution in [2.24, 2.45) is 0 Å². The molecule has 1 aliphatic heterocycles. The summed E-state index contributed by atoms with van der Waals surface area (Å²) in [6.45, 7) is 10.2. The van der Waals surface area contributed by atoms with Crippen molar-refractivity contribution in [1.29, 1.82) is 0 Å². The summed E-state index contributed by atoms with van der Waals surface area (Å²) < 4.78 is 20.7. The van der Waals surface area contributed by atoms with Crippen molar-refractivity contribution < 1.29 is 13.9 Å². The van der Waals surface area contributed by atoms with Crippen LogP contribution in [0.3, 0.4) is 0 Å². The van der Waals surface area contributed by atoms with Crippen LogP contribution in [0.2, 0.25) is 0 Å². The van der Waals surface area contributed by atoms with Gasteiger partial charge in [0.25, 0.3) is 0 Å². The summed E-state index contributed by atoms with van der Waals surface area (Å²) in [5.41, 5.74) is 8.20. The lowest BCUT2D eigenvalue weighted by molar-refractivity contribution is -0.116. The van der Waals surface area contributed by atoms with E-state index in [1.807, 2.05) is 37.4 Å². The van der Waals surface area contributed by atoms with Crippen LogP contribution in [0.1, 0.15) is 34.6 Å². The standard InChI is InChI=1S/C29H32FN5O2/c1-19-26(21(3)35-29(31-19)28(20(2)33-35)23-6-8-24(30)9-7-23)12-13-27(36)32-25-10-4-22(5-11-25)18-34-14-16-37-17-15-34/h4-11H,12-18H2,1-3H3,(H,32,36). The van der Waals surface area contributed by atoms with E-state index in [-0.39, 0.29) is 11.7 Å². The second-order valence-electron chi connectivity index (χ2n) is 9.60. The summed E-state index contributed by atoms with van der Waals surface area (Å²) in [6, 6.07) is 14.4. The Hall–Kier alpha value is -3.62. The normalized spacial score (nSPS) is 14.3. The predicted molar refractivity (Wildman–Crippen MR) is 142 cm³/mol. The molecule has 0 aliphatic carbocycles. The summed E-state index contributed by atoms with van der Waals surface area (Å²) in [5, 5.41) is 7.72. The lowest BCUT2D eigenvalue weighted by atomic mass is 10.0. The largest absolute Gasteiger partial charge is 0.379 e. The fourth-order valence-corrected chi connectivity index (χ4v) is 4.96. The third kappa shape index (κ3) is 5.55. The maximum Gasteiger partial charge on any atom is 0.224 e. The van der Waals surface area contributed by atoms with Gasteiger partial charge in [-0.15, -0.1) is 0 Å². The van der Waals surface area contributed by atoms with Gasteiger partial charge in [0, 0.05) is 48.7 Å². The molecule has 2 aromatic heterocycles. The average molecular weight is 502 g/mol. The highest BCUT2D eigenvalue weighted by atomic mass is 19.1. The first-order valence-electron chi connectivity index (χ1n) is 12.7. The van der Waals surface area contributed by atoms with E-state index in [4.69, 9.17) is 14.8 Å². The Balaban J connectivity index is 1.25. The van der Waals surface area contributed by atoms with Crippen LogP contribution in [0.5, 0.6) is 0 Å². The molecule has 4 aromatic rings. The number of ether oxygens (including phenoxy) is 1. The molecule has 0 spiro atoms. The zero-order chi connectivity index (χ0) is 25.9. The molecule has 0 bridgehead atoms. The number of fused-ring (bicyclic) bond motifs is 1. The average Bonchev–Trinajstić information content (AvgIpc) is 3.22. The van der Waals surface area contributed by atoms with Gasteiger partial charge in [0.1, 0.15) is 5.82 Å². The summed E-state index contributed by atoms with van der Waals surface area (Å²) in [6.07, 6.45) is 0.905. The van der Waals surface area contributed by atoms with Crippen LogP contribution >= 0.6 is 0 Å². The number of aromatic nitrogens is 3. The van der Waals surface area contributed by atoms with Crippen molar-refractivity contribution in [3.63, 3.8) is 0 Å². The first-order chi connectivity index (χ1) is 17.9. The minimum Gasteiger partial charge on any atom is -0.379 e. The van der Waals surface area contributed by atoms with Crippen molar-refractivity contribution in [3.8, 4) is 11.1 Å². The van der Waals surface area contributed by atoms with Gasteiger partial charge < -0.3 is 10.1 Å². The molecule has 1 saturated heterocycles. The summed E-state index contributed by atoms with van der Waals surface area (Å²) in [7, 11) is 0. The molecule has 7 nitrogen and oxygen atoms in total. The highest BCUT2D eigenvalue weighted by Crippen LogP contribution is 2.29. The Morgan fingerprint density at radius 2 is 1.70 bits per heavy atom. The number of carbonyl (C=O) groups excluding carboxylic acids is 1. The number of rotatable bonds is 7. The molecule has 0 radical (unpaired) electrons. The van der Waals surface area contributed by atoms with Crippen LogP contribution in [-0.2, 0) is 22.5 Å². The lowest BCUT2D eigenvalue weighted by Crippen LogP contribution is -2.35. The van der Waals surface area contributed by atoms with Gasteiger partial charge in [-0.25, -0.2) is 13.9 Å². The van der Waals surface area contributed by atoms with Gasteiger partial charge in [-0.05, 0) is 68.1 Å². The predicted octanol–water partition coefficient (Wildman–Crippen LogP) is 4.86. The Morgan fingerprint density at radius 1 is 1.00 bits per heavy atom. The molecule has 1 fully saturated rings. The number of halogens is 1. The van der Waals surface area contributed by atoms with E-state index in [0.29, 0.717) is 12.8 Å². The summed E-state index contributed by atoms with van der Waals surface area (Å²) in [5.74, 6) is -0.314. The maximum atomic E-state index is 13.4. The number of aryl methyl sites for hydroxylation is 3. The van der Waals surface area contributed by atoms with Gasteiger partial charge in [-0.2, -0.15) is 5.10 Å². The second kappa shape index (κ2) is 10.8. The molecule has 1 amide bonds. The number of nitrogens with zero attached hydrogens (tertiary/aromatic N) is 4. The minimum absolute atomic E-state index is 0.0385. The van der Waals surface area contributed by atoms with Gasteiger partial charge in [-0.3, -0.25) is 9.69 Å². The Kier molecular flexibility index (Phi) is 7.30. The molecule has 1 aliphatic rings. The number of benzene rings is 2. The Morgan fingerprint density at radius 3 is 2.41 bits per heavy atom. The van der Waals surface area contributed by atoms with Crippen LogP contribution in [0.15, 0.2) is 48.5 Å². The molecule has 37 heavy (non-hydrogen) atoms. The van der Waals surface area contributed by atoms with Gasteiger partial charge in [0.2, 0.25) is 5.91 Å². The fourth-order valence-electron chi connectivity index (χ4n) is 4.96. The van der Waals surface area contributed by atoms with E-state index in [2.05, 4.69) is 22.3 Å².